The summed E-state index contributed by atoms with van der Waals surface area (Å²) < 4.78 is 10.6. The number of hydrogen-bond donors (Lipinski definition) is 2. The number of ether oxygens (including phenoxy) is 2. The van der Waals surface area contributed by atoms with E-state index in [1.165, 1.54) is 6.92 Å². The van der Waals surface area contributed by atoms with Crippen molar-refractivity contribution in [2.45, 2.75) is 19.9 Å². The number of benzene rings is 2. The van der Waals surface area contributed by atoms with Crippen LogP contribution in [-0.4, -0.2) is 26.0 Å². The Morgan fingerprint density at radius 2 is 1.80 bits per heavy atom. The minimum Gasteiger partial charge on any atom is -0.497 e. The number of anilines is 1. The first-order valence-electron chi connectivity index (χ1n) is 7.85. The van der Waals surface area contributed by atoms with Crippen molar-refractivity contribution in [3.63, 3.8) is 0 Å². The van der Waals surface area contributed by atoms with Crippen molar-refractivity contribution < 1.29 is 19.1 Å². The number of carbonyl (C=O) groups is 2. The average molecular weight is 342 g/mol. The summed E-state index contributed by atoms with van der Waals surface area (Å²) in [6.45, 7) is 3.29. The molecule has 6 heteroatoms. The van der Waals surface area contributed by atoms with Crippen molar-refractivity contribution >= 4 is 17.5 Å². The lowest BCUT2D eigenvalue weighted by molar-refractivity contribution is -0.114. The minimum atomic E-state index is -0.290. The molecule has 0 heterocycles. The van der Waals surface area contributed by atoms with Gasteiger partial charge in [0.05, 0.1) is 20.3 Å². The molecule has 0 fully saturated rings. The van der Waals surface area contributed by atoms with Gasteiger partial charge in [-0.2, -0.15) is 0 Å². The summed E-state index contributed by atoms with van der Waals surface area (Å²) in [4.78, 5) is 23.7. The number of hydrogen-bond acceptors (Lipinski definition) is 4. The molecule has 0 unspecified atom stereocenters. The fourth-order valence-electron chi connectivity index (χ4n) is 2.48. The van der Waals surface area contributed by atoms with Gasteiger partial charge in [-0.25, -0.2) is 0 Å². The van der Waals surface area contributed by atoms with Crippen molar-refractivity contribution in [1.29, 1.82) is 0 Å². The molecule has 0 saturated heterocycles. The maximum atomic E-state index is 12.5. The highest BCUT2D eigenvalue weighted by molar-refractivity contribution is 5.97. The molecule has 2 aromatic carbocycles. The van der Waals surface area contributed by atoms with Gasteiger partial charge >= 0.3 is 0 Å². The van der Waals surface area contributed by atoms with Gasteiger partial charge in [-0.15, -0.1) is 0 Å². The Labute approximate surface area is 147 Å². The maximum Gasteiger partial charge on any atom is 0.251 e. The van der Waals surface area contributed by atoms with Crippen LogP contribution in [0.4, 0.5) is 5.69 Å². The molecular weight excluding hydrogens is 320 g/mol. The van der Waals surface area contributed by atoms with Crippen LogP contribution in [0.5, 0.6) is 11.5 Å². The van der Waals surface area contributed by atoms with Gasteiger partial charge in [-0.3, -0.25) is 9.59 Å². The van der Waals surface area contributed by atoms with Crippen LogP contribution in [0.25, 0.3) is 0 Å². The highest BCUT2D eigenvalue weighted by Crippen LogP contribution is 2.29. The van der Waals surface area contributed by atoms with Crippen molar-refractivity contribution in [2.24, 2.45) is 0 Å². The Bertz CT molecular complexity index is 774. The molecule has 0 saturated carbocycles. The monoisotopic (exact) mass is 342 g/mol. The molecule has 0 aromatic heterocycles. The summed E-state index contributed by atoms with van der Waals surface area (Å²) in [5.74, 6) is 0.918. The molecule has 6 nitrogen and oxygen atoms in total. The summed E-state index contributed by atoms with van der Waals surface area (Å²) >= 11 is 0. The van der Waals surface area contributed by atoms with Crippen molar-refractivity contribution in [3.8, 4) is 11.5 Å². The Balaban J connectivity index is 2.19. The van der Waals surface area contributed by atoms with E-state index in [-0.39, 0.29) is 17.9 Å². The molecule has 2 rings (SSSR count). The molecule has 2 amide bonds. The first-order valence-corrected chi connectivity index (χ1v) is 7.85. The second-order valence-electron chi connectivity index (χ2n) is 5.57. The van der Waals surface area contributed by atoms with Gasteiger partial charge in [0, 0.05) is 23.7 Å². The number of rotatable bonds is 6. The minimum absolute atomic E-state index is 0.188. The molecule has 2 N–H and O–H groups in total. The number of nitrogens with one attached hydrogen (secondary N) is 2. The second-order valence-corrected chi connectivity index (χ2v) is 5.57. The van der Waals surface area contributed by atoms with E-state index in [1.54, 1.807) is 50.6 Å². The molecule has 0 radical (unpaired) electrons. The SMILES string of the molecule is COc1ccc(OC)c([C@@H](C)NC(=O)c2cccc(NC(C)=O)c2)c1. The second kappa shape index (κ2) is 8.19. The lowest BCUT2D eigenvalue weighted by Crippen LogP contribution is -2.27. The molecule has 2 aromatic rings. The fourth-order valence-corrected chi connectivity index (χ4v) is 2.48. The molecule has 0 aliphatic rings. The van der Waals surface area contributed by atoms with Crippen LogP contribution >= 0.6 is 0 Å². The topological polar surface area (TPSA) is 76.7 Å². The third kappa shape index (κ3) is 4.73. The Morgan fingerprint density at radius 3 is 2.44 bits per heavy atom. The zero-order valence-electron chi connectivity index (χ0n) is 14.8. The zero-order valence-corrected chi connectivity index (χ0v) is 14.8. The first kappa shape index (κ1) is 18.3. The average Bonchev–Trinajstić information content (AvgIpc) is 2.60. The van der Waals surface area contributed by atoms with Crippen LogP contribution in [0.3, 0.4) is 0 Å². The van der Waals surface area contributed by atoms with E-state index in [0.29, 0.717) is 22.7 Å². The van der Waals surface area contributed by atoms with E-state index in [1.807, 2.05) is 13.0 Å². The summed E-state index contributed by atoms with van der Waals surface area (Å²) in [6, 6.07) is 11.9. The van der Waals surface area contributed by atoms with Crippen LogP contribution in [0.15, 0.2) is 42.5 Å². The van der Waals surface area contributed by atoms with Crippen molar-refractivity contribution in [2.75, 3.05) is 19.5 Å². The number of methoxy groups -OCH3 is 2. The van der Waals surface area contributed by atoms with Crippen LogP contribution < -0.4 is 20.1 Å². The molecule has 25 heavy (non-hydrogen) atoms. The molecule has 0 aliphatic heterocycles. The van der Waals surface area contributed by atoms with Crippen LogP contribution in [0.2, 0.25) is 0 Å². The van der Waals surface area contributed by atoms with Gasteiger partial charge in [0.15, 0.2) is 0 Å². The third-order valence-electron chi connectivity index (χ3n) is 3.70. The predicted octanol–water partition coefficient (Wildman–Crippen LogP) is 3.15. The van der Waals surface area contributed by atoms with Crippen molar-refractivity contribution in [1.82, 2.24) is 5.32 Å². The maximum absolute atomic E-state index is 12.5. The molecule has 0 aliphatic carbocycles. The lowest BCUT2D eigenvalue weighted by atomic mass is 10.1. The van der Waals surface area contributed by atoms with Crippen LogP contribution in [0.1, 0.15) is 35.8 Å². The smallest absolute Gasteiger partial charge is 0.251 e. The molecule has 0 spiro atoms. The fraction of sp³-hybridized carbons (Fsp3) is 0.263. The van der Waals surface area contributed by atoms with E-state index in [9.17, 15) is 9.59 Å². The number of amides is 2. The van der Waals surface area contributed by atoms with E-state index in [2.05, 4.69) is 10.6 Å². The Morgan fingerprint density at radius 1 is 1.04 bits per heavy atom. The molecular formula is C19H22N2O4. The zero-order chi connectivity index (χ0) is 18.4. The normalized spacial score (nSPS) is 11.4. The third-order valence-corrected chi connectivity index (χ3v) is 3.70. The van der Waals surface area contributed by atoms with Gasteiger partial charge in [0.2, 0.25) is 5.91 Å². The molecule has 0 bridgehead atoms. The highest BCUT2D eigenvalue weighted by atomic mass is 16.5. The van der Waals surface area contributed by atoms with E-state index in [4.69, 9.17) is 9.47 Å². The van der Waals surface area contributed by atoms with Crippen LogP contribution in [-0.2, 0) is 4.79 Å². The van der Waals surface area contributed by atoms with Crippen molar-refractivity contribution in [3.05, 3.63) is 53.6 Å². The Kier molecular flexibility index (Phi) is 6.00. The van der Waals surface area contributed by atoms with E-state index in [0.717, 1.165) is 5.56 Å². The van der Waals surface area contributed by atoms with Gasteiger partial charge < -0.3 is 20.1 Å². The first-order chi connectivity index (χ1) is 11.9. The van der Waals surface area contributed by atoms with Gasteiger partial charge in [-0.05, 0) is 43.3 Å². The van der Waals surface area contributed by atoms with Gasteiger partial charge in [0.1, 0.15) is 11.5 Å². The summed E-state index contributed by atoms with van der Waals surface area (Å²) in [7, 11) is 3.17. The molecule has 132 valence electrons. The summed E-state index contributed by atoms with van der Waals surface area (Å²) in [5, 5.41) is 5.59. The summed E-state index contributed by atoms with van der Waals surface area (Å²) in [6.07, 6.45) is 0. The largest absolute Gasteiger partial charge is 0.497 e. The quantitative estimate of drug-likeness (QED) is 0.845. The predicted molar refractivity (Wildman–Crippen MR) is 96.2 cm³/mol. The highest BCUT2D eigenvalue weighted by Gasteiger charge is 2.16. The lowest BCUT2D eigenvalue weighted by Gasteiger charge is -2.18. The van der Waals surface area contributed by atoms with E-state index >= 15 is 0 Å². The van der Waals surface area contributed by atoms with Gasteiger partial charge in [-0.1, -0.05) is 6.07 Å². The van der Waals surface area contributed by atoms with Gasteiger partial charge in [0.25, 0.3) is 5.91 Å². The summed E-state index contributed by atoms with van der Waals surface area (Å²) in [5.41, 5.74) is 1.85. The van der Waals surface area contributed by atoms with E-state index < -0.39 is 0 Å². The van der Waals surface area contributed by atoms with Crippen LogP contribution in [0, 0.1) is 0 Å². The number of carbonyl (C=O) groups excluding carboxylic acids is 2. The molecule has 1 atom stereocenters. The Hall–Kier alpha value is -3.02. The standard InChI is InChI=1S/C19H22N2O4/c1-12(17-11-16(24-3)8-9-18(17)25-4)20-19(23)14-6-5-7-15(10-14)21-13(2)22/h5-12H,1-4H3,(H,20,23)(H,21,22)/t12-/m1/s1.